The summed E-state index contributed by atoms with van der Waals surface area (Å²) >= 11 is 0. The summed E-state index contributed by atoms with van der Waals surface area (Å²) in [7, 11) is 0. The van der Waals surface area contributed by atoms with E-state index >= 15 is 0 Å². The minimum atomic E-state index is -0.511. The van der Waals surface area contributed by atoms with Gasteiger partial charge in [-0.2, -0.15) is 0 Å². The highest BCUT2D eigenvalue weighted by Crippen LogP contribution is 2.26. The Labute approximate surface area is 97.3 Å². The zero-order chi connectivity index (χ0) is 12.0. The van der Waals surface area contributed by atoms with E-state index in [1.165, 1.54) is 0 Å². The molecule has 0 amide bonds. The molecule has 0 radical (unpaired) electrons. The van der Waals surface area contributed by atoms with Gasteiger partial charge in [-0.1, -0.05) is 12.1 Å². The third kappa shape index (κ3) is 3.60. The highest BCUT2D eigenvalue weighted by molar-refractivity contribution is 5.38. The van der Waals surface area contributed by atoms with E-state index in [0.29, 0.717) is 6.61 Å². The molecule has 0 bridgehead atoms. The molecule has 0 unspecified atom stereocenters. The molecule has 0 aromatic heterocycles. The Hall–Kier alpha value is -1.46. The van der Waals surface area contributed by atoms with Crippen molar-refractivity contribution in [2.24, 2.45) is 0 Å². The third-order valence-electron chi connectivity index (χ3n) is 2.34. The molecule has 1 rings (SSSR count). The van der Waals surface area contributed by atoms with Gasteiger partial charge < -0.3 is 9.84 Å². The van der Waals surface area contributed by atoms with Gasteiger partial charge in [0.25, 0.3) is 0 Å². The van der Waals surface area contributed by atoms with Crippen LogP contribution in [-0.2, 0) is 0 Å². The maximum atomic E-state index is 9.59. The maximum Gasteiger partial charge on any atom is 0.125 e. The number of benzene rings is 1. The van der Waals surface area contributed by atoms with Crippen molar-refractivity contribution in [2.45, 2.75) is 32.8 Å². The molecule has 0 aliphatic heterocycles. The molecule has 0 aliphatic rings. The van der Waals surface area contributed by atoms with Crippen molar-refractivity contribution in [3.8, 4) is 18.1 Å². The van der Waals surface area contributed by atoms with Crippen molar-refractivity contribution in [2.75, 3.05) is 6.61 Å². The van der Waals surface area contributed by atoms with E-state index in [1.807, 2.05) is 25.1 Å². The molecule has 0 saturated carbocycles. The predicted octanol–water partition coefficient (Wildman–Crippen LogP) is 2.84. The molecule has 1 atom stereocenters. The number of hydrogen-bond acceptors (Lipinski definition) is 2. The van der Waals surface area contributed by atoms with E-state index in [0.717, 1.165) is 29.7 Å². The summed E-state index contributed by atoms with van der Waals surface area (Å²) < 4.78 is 5.63. The van der Waals surface area contributed by atoms with E-state index in [1.54, 1.807) is 6.92 Å². The van der Waals surface area contributed by atoms with Crippen LogP contribution in [0, 0.1) is 19.3 Å². The summed E-state index contributed by atoms with van der Waals surface area (Å²) in [5.74, 6) is 3.33. The van der Waals surface area contributed by atoms with E-state index in [-0.39, 0.29) is 0 Å². The minimum absolute atomic E-state index is 0.511. The van der Waals surface area contributed by atoms with Gasteiger partial charge in [0.05, 0.1) is 12.7 Å². The van der Waals surface area contributed by atoms with Crippen LogP contribution in [0.2, 0.25) is 0 Å². The number of unbranched alkanes of at least 4 members (excludes halogenated alkanes) is 1. The predicted molar refractivity (Wildman–Crippen MR) is 65.4 cm³/mol. The van der Waals surface area contributed by atoms with Crippen LogP contribution in [0.25, 0.3) is 0 Å². The van der Waals surface area contributed by atoms with Crippen LogP contribution in [0.1, 0.15) is 37.0 Å². The fourth-order valence-corrected chi connectivity index (χ4v) is 1.47. The number of aliphatic hydroxyl groups is 1. The van der Waals surface area contributed by atoms with Crippen molar-refractivity contribution in [1.82, 2.24) is 0 Å². The summed E-state index contributed by atoms with van der Waals surface area (Å²) in [6.07, 6.45) is 6.21. The molecular weight excluding hydrogens is 200 g/mol. The number of aliphatic hydroxyl groups excluding tert-OH is 1. The Morgan fingerprint density at radius 1 is 1.50 bits per heavy atom. The quantitative estimate of drug-likeness (QED) is 0.608. The zero-order valence-corrected chi connectivity index (χ0v) is 9.86. The van der Waals surface area contributed by atoms with Crippen molar-refractivity contribution < 1.29 is 9.84 Å². The molecule has 0 saturated heterocycles. The SMILES string of the molecule is C#CCCCOc1cc(C)ccc1[C@H](C)O. The monoisotopic (exact) mass is 218 g/mol. The van der Waals surface area contributed by atoms with Gasteiger partial charge in [0.2, 0.25) is 0 Å². The van der Waals surface area contributed by atoms with Crippen LogP contribution in [0.5, 0.6) is 5.75 Å². The second kappa shape index (κ2) is 6.19. The van der Waals surface area contributed by atoms with Gasteiger partial charge in [-0.3, -0.25) is 0 Å². The van der Waals surface area contributed by atoms with Crippen LogP contribution in [0.3, 0.4) is 0 Å². The molecule has 1 N–H and O–H groups in total. The number of ether oxygens (including phenoxy) is 1. The first-order valence-electron chi connectivity index (χ1n) is 5.50. The summed E-state index contributed by atoms with van der Waals surface area (Å²) in [6, 6.07) is 5.81. The van der Waals surface area contributed by atoms with Crippen LogP contribution in [0.15, 0.2) is 18.2 Å². The van der Waals surface area contributed by atoms with Crippen molar-refractivity contribution >= 4 is 0 Å². The third-order valence-corrected chi connectivity index (χ3v) is 2.34. The standard InChI is InChI=1S/C14H18O2/c1-4-5-6-9-16-14-10-11(2)7-8-13(14)12(3)15/h1,7-8,10,12,15H,5-6,9H2,2-3H3/t12-/m0/s1. The number of terminal acetylenes is 1. The second-order valence-corrected chi connectivity index (χ2v) is 3.87. The molecule has 16 heavy (non-hydrogen) atoms. The minimum Gasteiger partial charge on any atom is -0.493 e. The molecule has 0 fully saturated rings. The molecule has 2 heteroatoms. The first-order valence-corrected chi connectivity index (χ1v) is 5.50. The van der Waals surface area contributed by atoms with Crippen LogP contribution in [0.4, 0.5) is 0 Å². The Balaban J connectivity index is 2.69. The van der Waals surface area contributed by atoms with Gasteiger partial charge in [-0.15, -0.1) is 12.3 Å². The van der Waals surface area contributed by atoms with Crippen molar-refractivity contribution in [3.63, 3.8) is 0 Å². The molecule has 1 aromatic carbocycles. The first kappa shape index (κ1) is 12.6. The Bertz CT molecular complexity index is 375. The lowest BCUT2D eigenvalue weighted by Gasteiger charge is -2.13. The van der Waals surface area contributed by atoms with E-state index in [9.17, 15) is 5.11 Å². The summed E-state index contributed by atoms with van der Waals surface area (Å²) in [5.41, 5.74) is 1.95. The fraction of sp³-hybridized carbons (Fsp3) is 0.429. The van der Waals surface area contributed by atoms with Gasteiger partial charge in [0, 0.05) is 12.0 Å². The Morgan fingerprint density at radius 3 is 2.88 bits per heavy atom. The highest BCUT2D eigenvalue weighted by Gasteiger charge is 2.08. The second-order valence-electron chi connectivity index (χ2n) is 3.87. The van der Waals surface area contributed by atoms with Gasteiger partial charge in [0.1, 0.15) is 5.75 Å². The van der Waals surface area contributed by atoms with Crippen LogP contribution in [-0.4, -0.2) is 11.7 Å². The van der Waals surface area contributed by atoms with Crippen LogP contribution < -0.4 is 4.74 Å². The molecule has 0 aliphatic carbocycles. The molecule has 0 heterocycles. The molecule has 0 spiro atoms. The number of aryl methyl sites for hydroxylation is 1. The first-order chi connectivity index (χ1) is 7.65. The Kier molecular flexibility index (Phi) is 4.88. The van der Waals surface area contributed by atoms with Gasteiger partial charge in [-0.25, -0.2) is 0 Å². The van der Waals surface area contributed by atoms with Crippen molar-refractivity contribution in [1.29, 1.82) is 0 Å². The largest absolute Gasteiger partial charge is 0.493 e. The average molecular weight is 218 g/mol. The smallest absolute Gasteiger partial charge is 0.125 e. The van der Waals surface area contributed by atoms with E-state index in [2.05, 4.69) is 5.92 Å². The van der Waals surface area contributed by atoms with Gasteiger partial charge in [0.15, 0.2) is 0 Å². The Morgan fingerprint density at radius 2 is 2.25 bits per heavy atom. The lowest BCUT2D eigenvalue weighted by molar-refractivity contribution is 0.191. The van der Waals surface area contributed by atoms with Gasteiger partial charge >= 0.3 is 0 Å². The van der Waals surface area contributed by atoms with Crippen molar-refractivity contribution in [3.05, 3.63) is 29.3 Å². The van der Waals surface area contributed by atoms with Crippen LogP contribution >= 0.6 is 0 Å². The van der Waals surface area contributed by atoms with Gasteiger partial charge in [-0.05, 0) is 31.9 Å². The maximum absolute atomic E-state index is 9.59. The number of hydrogen-bond donors (Lipinski definition) is 1. The molecule has 86 valence electrons. The summed E-state index contributed by atoms with van der Waals surface area (Å²) in [6.45, 7) is 4.33. The summed E-state index contributed by atoms with van der Waals surface area (Å²) in [4.78, 5) is 0. The molecule has 2 nitrogen and oxygen atoms in total. The summed E-state index contributed by atoms with van der Waals surface area (Å²) in [5, 5.41) is 9.59. The fourth-order valence-electron chi connectivity index (χ4n) is 1.47. The zero-order valence-electron chi connectivity index (χ0n) is 9.86. The van der Waals surface area contributed by atoms with E-state index < -0.39 is 6.10 Å². The molecule has 1 aromatic rings. The number of rotatable bonds is 5. The normalized spacial score (nSPS) is 11.9. The highest BCUT2D eigenvalue weighted by atomic mass is 16.5. The molecular formula is C14H18O2. The van der Waals surface area contributed by atoms with E-state index in [4.69, 9.17) is 11.2 Å². The average Bonchev–Trinajstić information content (AvgIpc) is 2.24. The lowest BCUT2D eigenvalue weighted by Crippen LogP contribution is -2.02. The topological polar surface area (TPSA) is 29.5 Å². The lowest BCUT2D eigenvalue weighted by atomic mass is 10.1.